The summed E-state index contributed by atoms with van der Waals surface area (Å²) in [6.07, 6.45) is -0.530. The molecule has 0 aliphatic carbocycles. The number of hydrogen-bond acceptors (Lipinski definition) is 5. The number of carbonyl (C=O) groups is 1. The summed E-state index contributed by atoms with van der Waals surface area (Å²) in [5.74, 6) is -1.21. The monoisotopic (exact) mass is 364 g/mol. The van der Waals surface area contributed by atoms with Gasteiger partial charge in [-0.1, -0.05) is 6.07 Å². The number of nitrogens with zero attached hydrogens (tertiary/aromatic N) is 2. The molecule has 10 heteroatoms. The summed E-state index contributed by atoms with van der Waals surface area (Å²) in [5, 5.41) is 18.1. The fourth-order valence-electron chi connectivity index (χ4n) is 1.52. The summed E-state index contributed by atoms with van der Waals surface area (Å²) in [7, 11) is -4.56. The van der Waals surface area contributed by atoms with Crippen LogP contribution in [0.1, 0.15) is 5.56 Å². The van der Waals surface area contributed by atoms with E-state index in [2.05, 4.69) is 15.4 Å². The molecule has 2 rings (SSSR count). The number of nitrogens with one attached hydrogen (secondary N) is 1. The third-order valence-electron chi connectivity index (χ3n) is 2.12. The first kappa shape index (κ1) is 14.8. The molecule has 0 aliphatic rings. The molecule has 1 heterocycles. The second-order valence-electron chi connectivity index (χ2n) is 3.29. The molecule has 0 atom stereocenters. The maximum absolute atomic E-state index is 11.2. The Balaban J connectivity index is 0.00000162. The van der Waals surface area contributed by atoms with Crippen LogP contribution in [0.25, 0.3) is 11.0 Å². The van der Waals surface area contributed by atoms with Crippen molar-refractivity contribution < 1.29 is 45.3 Å². The van der Waals surface area contributed by atoms with E-state index < -0.39 is 27.4 Å². The Morgan fingerprint density at radius 1 is 1.33 bits per heavy atom. The quantitative estimate of drug-likeness (QED) is 0.508. The van der Waals surface area contributed by atoms with E-state index in [1.165, 1.54) is 12.1 Å². The van der Waals surface area contributed by atoms with Crippen molar-refractivity contribution in [1.82, 2.24) is 15.4 Å². The van der Waals surface area contributed by atoms with Gasteiger partial charge in [-0.25, -0.2) is 0 Å². The van der Waals surface area contributed by atoms with Crippen molar-refractivity contribution in [2.75, 3.05) is 0 Å². The van der Waals surface area contributed by atoms with Gasteiger partial charge in [0.25, 0.3) is 10.1 Å². The maximum atomic E-state index is 11.2. The second-order valence-corrected chi connectivity index (χ2v) is 4.65. The average molecular weight is 365 g/mol. The second kappa shape index (κ2) is 5.16. The zero-order valence-corrected chi connectivity index (χ0v) is 10.9. The van der Waals surface area contributed by atoms with Crippen LogP contribution in [0.4, 0.5) is 0 Å². The molecule has 0 fully saturated rings. The van der Waals surface area contributed by atoms with Gasteiger partial charge < -0.3 is 5.11 Å². The normalized spacial score (nSPS) is 11.2. The van der Waals surface area contributed by atoms with Gasteiger partial charge in [-0.05, 0) is 11.6 Å². The largest absolute Gasteiger partial charge is 1.00 e. The van der Waals surface area contributed by atoms with Crippen LogP contribution >= 0.6 is 0 Å². The zero-order chi connectivity index (χ0) is 12.6. The van der Waals surface area contributed by atoms with Crippen molar-refractivity contribution in [3.8, 4) is 0 Å². The van der Waals surface area contributed by atoms with Crippen LogP contribution in [0.5, 0.6) is 0 Å². The average Bonchev–Trinajstić information content (AvgIpc) is 2.61. The number of benzene rings is 1. The number of hydrogen-bond donors (Lipinski definition) is 3. The summed E-state index contributed by atoms with van der Waals surface area (Å²) in [6.45, 7) is 0. The van der Waals surface area contributed by atoms with Gasteiger partial charge in [0.15, 0.2) is 0 Å². The Bertz CT molecular complexity index is 696. The third kappa shape index (κ3) is 2.76. The van der Waals surface area contributed by atoms with Crippen LogP contribution < -0.4 is 0 Å². The number of aliphatic carboxylic acids is 1. The molecule has 0 bridgehead atoms. The standard InChI is InChI=1S/C8H7N3O5S.Ag/c12-6(13)3-4-1-2-5-7(10-11-9-5)8(4)17(14,15)16;/h1-2H,3H2,(H,12,13)(H,9,10,11)(H,14,15,16);/q;+1. The van der Waals surface area contributed by atoms with Gasteiger partial charge in [-0.2, -0.15) is 23.8 Å². The van der Waals surface area contributed by atoms with Crippen molar-refractivity contribution in [3.63, 3.8) is 0 Å². The maximum Gasteiger partial charge on any atom is 1.00 e. The minimum atomic E-state index is -4.56. The molecular weight excluding hydrogens is 358 g/mol. The number of aromatic nitrogens is 3. The van der Waals surface area contributed by atoms with Crippen molar-refractivity contribution >= 4 is 27.1 Å². The summed E-state index contributed by atoms with van der Waals surface area (Å²) >= 11 is 0. The zero-order valence-electron chi connectivity index (χ0n) is 8.59. The number of carboxylic acids is 1. The Hall–Kier alpha value is -1.26. The van der Waals surface area contributed by atoms with Crippen LogP contribution in [0.2, 0.25) is 0 Å². The van der Waals surface area contributed by atoms with Gasteiger partial charge in [-0.3, -0.25) is 9.35 Å². The molecule has 2 aromatic rings. The van der Waals surface area contributed by atoms with Crippen molar-refractivity contribution in [2.45, 2.75) is 11.3 Å². The Morgan fingerprint density at radius 3 is 2.56 bits per heavy atom. The molecule has 0 saturated heterocycles. The Kier molecular flexibility index (Phi) is 4.24. The number of carboxylic acid groups (broad SMARTS) is 1. The number of aromatic amines is 1. The summed E-state index contributed by atoms with van der Waals surface area (Å²) in [6, 6.07) is 2.70. The summed E-state index contributed by atoms with van der Waals surface area (Å²) in [4.78, 5) is 10.1. The number of H-pyrrole nitrogens is 1. The van der Waals surface area contributed by atoms with Gasteiger partial charge in [0.2, 0.25) is 0 Å². The minimum absolute atomic E-state index is 0. The van der Waals surface area contributed by atoms with Gasteiger partial charge in [0, 0.05) is 0 Å². The van der Waals surface area contributed by atoms with E-state index in [1.54, 1.807) is 0 Å². The van der Waals surface area contributed by atoms with E-state index in [0.717, 1.165) is 0 Å². The minimum Gasteiger partial charge on any atom is -0.481 e. The van der Waals surface area contributed by atoms with Crippen molar-refractivity contribution in [3.05, 3.63) is 17.7 Å². The molecule has 3 N–H and O–H groups in total. The third-order valence-corrected chi connectivity index (χ3v) is 3.10. The topological polar surface area (TPSA) is 133 Å². The first-order valence-corrected chi connectivity index (χ1v) is 5.85. The predicted octanol–water partition coefficient (Wildman–Crippen LogP) is -0.171. The van der Waals surface area contributed by atoms with Gasteiger partial charge in [0.05, 0.1) is 6.42 Å². The van der Waals surface area contributed by atoms with Crippen molar-refractivity contribution in [2.24, 2.45) is 0 Å². The van der Waals surface area contributed by atoms with Gasteiger partial charge in [-0.15, -0.1) is 0 Å². The molecule has 8 nitrogen and oxygen atoms in total. The number of fused-ring (bicyclic) bond motifs is 1. The van der Waals surface area contributed by atoms with Crippen molar-refractivity contribution in [1.29, 1.82) is 0 Å². The fraction of sp³-hybridized carbons (Fsp3) is 0.125. The fourth-order valence-corrected chi connectivity index (χ4v) is 2.39. The van der Waals surface area contributed by atoms with E-state index in [1.807, 2.05) is 0 Å². The van der Waals surface area contributed by atoms with Crippen LogP contribution in [0.3, 0.4) is 0 Å². The molecule has 0 unspecified atom stereocenters. The van der Waals surface area contributed by atoms with Crippen LogP contribution in [-0.2, 0) is 43.7 Å². The molecule has 0 amide bonds. The van der Waals surface area contributed by atoms with E-state index in [9.17, 15) is 13.2 Å². The van der Waals surface area contributed by atoms with Gasteiger partial charge in [0.1, 0.15) is 15.9 Å². The van der Waals surface area contributed by atoms with Crippen LogP contribution in [0, 0.1) is 0 Å². The molecule has 100 valence electrons. The molecule has 18 heavy (non-hydrogen) atoms. The molecule has 0 radical (unpaired) electrons. The SMILES string of the molecule is O=C(O)Cc1ccc2n[nH]nc2c1S(=O)(=O)O.[Ag+]. The van der Waals surface area contributed by atoms with Gasteiger partial charge >= 0.3 is 28.3 Å². The van der Waals surface area contributed by atoms with E-state index >= 15 is 0 Å². The molecule has 1 aromatic heterocycles. The molecular formula is C8H7AgN3O5S+. The van der Waals surface area contributed by atoms with E-state index in [0.29, 0.717) is 0 Å². The Labute approximate surface area is 117 Å². The summed E-state index contributed by atoms with van der Waals surface area (Å²) in [5.41, 5.74) is 0.111. The van der Waals surface area contributed by atoms with Crippen LogP contribution in [-0.4, -0.2) is 39.5 Å². The predicted molar refractivity (Wildman–Crippen MR) is 55.0 cm³/mol. The smallest absolute Gasteiger partial charge is 0.481 e. The first-order valence-electron chi connectivity index (χ1n) is 4.41. The van der Waals surface area contributed by atoms with Crippen LogP contribution in [0.15, 0.2) is 17.0 Å². The Morgan fingerprint density at radius 2 is 2.00 bits per heavy atom. The molecule has 1 aromatic carbocycles. The van der Waals surface area contributed by atoms with E-state index in [-0.39, 0.29) is 39.0 Å². The number of rotatable bonds is 3. The van der Waals surface area contributed by atoms with E-state index in [4.69, 9.17) is 9.66 Å². The molecule has 0 saturated carbocycles. The molecule has 0 spiro atoms. The molecule has 0 aliphatic heterocycles. The first-order chi connectivity index (χ1) is 7.89. The summed E-state index contributed by atoms with van der Waals surface area (Å²) < 4.78 is 31.6.